The number of hydrogen-bond donors (Lipinski definition) is 2. The van der Waals surface area contributed by atoms with Crippen LogP contribution in [0.5, 0.6) is 0 Å². The summed E-state index contributed by atoms with van der Waals surface area (Å²) in [5.74, 6) is -1.19. The molecule has 0 aromatic heterocycles. The van der Waals surface area contributed by atoms with E-state index in [9.17, 15) is 9.59 Å². The lowest BCUT2D eigenvalue weighted by Crippen LogP contribution is -2.43. The van der Waals surface area contributed by atoms with Crippen molar-refractivity contribution in [1.82, 2.24) is 5.23 Å². The summed E-state index contributed by atoms with van der Waals surface area (Å²) in [6, 6.07) is 8.51. The van der Waals surface area contributed by atoms with Gasteiger partial charge in [0.25, 0.3) is 7.41 Å². The number of nitrogens with one attached hydrogen (secondary N) is 1. The SMILES string of the molecule is C[C@@H](c1ccccc1)[C@H](N[B]C=O)C(=O)O. The van der Waals surface area contributed by atoms with E-state index in [-0.39, 0.29) is 5.92 Å². The molecule has 4 nitrogen and oxygen atoms in total. The molecule has 16 heavy (non-hydrogen) atoms. The summed E-state index contributed by atoms with van der Waals surface area (Å²) in [7, 11) is 1.11. The van der Waals surface area contributed by atoms with Crippen molar-refractivity contribution in [2.75, 3.05) is 0 Å². The summed E-state index contributed by atoms with van der Waals surface area (Å²) in [5, 5.41) is 11.6. The first-order chi connectivity index (χ1) is 7.66. The number of carbonyl (C=O) groups excluding carboxylic acids is 1. The first-order valence-electron chi connectivity index (χ1n) is 4.97. The number of carboxylic acid groups (broad SMARTS) is 1. The molecule has 0 bridgehead atoms. The van der Waals surface area contributed by atoms with Crippen LogP contribution in [-0.4, -0.2) is 30.7 Å². The van der Waals surface area contributed by atoms with Gasteiger partial charge in [0, 0.05) is 5.92 Å². The van der Waals surface area contributed by atoms with Gasteiger partial charge in [-0.15, -0.1) is 0 Å². The molecule has 83 valence electrons. The van der Waals surface area contributed by atoms with Crippen LogP contribution in [0.1, 0.15) is 18.4 Å². The fourth-order valence-corrected chi connectivity index (χ4v) is 1.52. The minimum atomic E-state index is -0.977. The predicted octanol–water partition coefficient (Wildman–Crippen LogP) is 0.642. The molecule has 0 saturated carbocycles. The molecular weight excluding hydrogens is 205 g/mol. The topological polar surface area (TPSA) is 66.4 Å². The molecule has 2 N–H and O–H groups in total. The van der Waals surface area contributed by atoms with Gasteiger partial charge < -0.3 is 15.1 Å². The fraction of sp³-hybridized carbons (Fsp3) is 0.273. The largest absolute Gasteiger partial charge is 0.480 e. The van der Waals surface area contributed by atoms with Gasteiger partial charge in [0.2, 0.25) is 0 Å². The van der Waals surface area contributed by atoms with E-state index in [1.807, 2.05) is 30.3 Å². The Morgan fingerprint density at radius 3 is 2.56 bits per heavy atom. The zero-order chi connectivity index (χ0) is 12.0. The second-order valence-corrected chi connectivity index (χ2v) is 3.48. The van der Waals surface area contributed by atoms with Gasteiger partial charge in [-0.1, -0.05) is 37.3 Å². The predicted molar refractivity (Wildman–Crippen MR) is 61.9 cm³/mol. The summed E-state index contributed by atoms with van der Waals surface area (Å²) < 4.78 is 0. The third-order valence-electron chi connectivity index (χ3n) is 2.44. The monoisotopic (exact) mass is 218 g/mol. The van der Waals surface area contributed by atoms with E-state index in [4.69, 9.17) is 5.11 Å². The highest BCUT2D eigenvalue weighted by atomic mass is 16.4. The number of aliphatic carboxylic acids is 1. The second kappa shape index (κ2) is 6.07. The second-order valence-electron chi connectivity index (χ2n) is 3.48. The van der Waals surface area contributed by atoms with E-state index in [2.05, 4.69) is 5.23 Å². The van der Waals surface area contributed by atoms with Crippen molar-refractivity contribution >= 4 is 19.6 Å². The number of carbonyl (C=O) groups is 2. The van der Waals surface area contributed by atoms with Crippen molar-refractivity contribution in [3.63, 3.8) is 0 Å². The average molecular weight is 218 g/mol. The van der Waals surface area contributed by atoms with E-state index in [1.54, 1.807) is 6.92 Å². The molecule has 1 aromatic rings. The van der Waals surface area contributed by atoms with Gasteiger partial charge in [0.1, 0.15) is 6.04 Å². The van der Waals surface area contributed by atoms with Crippen LogP contribution in [0.15, 0.2) is 30.3 Å². The van der Waals surface area contributed by atoms with Crippen LogP contribution in [0.4, 0.5) is 0 Å². The maximum atomic E-state index is 11.0. The van der Waals surface area contributed by atoms with E-state index in [0.29, 0.717) is 6.19 Å². The number of rotatable bonds is 6. The first-order valence-corrected chi connectivity index (χ1v) is 4.97. The average Bonchev–Trinajstić information content (AvgIpc) is 2.30. The number of benzene rings is 1. The lowest BCUT2D eigenvalue weighted by Gasteiger charge is -2.20. The summed E-state index contributed by atoms with van der Waals surface area (Å²) >= 11 is 0. The van der Waals surface area contributed by atoms with E-state index >= 15 is 0 Å². The molecule has 1 rings (SSSR count). The maximum Gasteiger partial charge on any atom is 0.320 e. The molecule has 1 radical (unpaired) electrons. The van der Waals surface area contributed by atoms with Crippen LogP contribution in [-0.2, 0) is 9.59 Å². The fourth-order valence-electron chi connectivity index (χ4n) is 1.52. The third-order valence-corrected chi connectivity index (χ3v) is 2.44. The van der Waals surface area contributed by atoms with Gasteiger partial charge >= 0.3 is 5.97 Å². The Balaban J connectivity index is 2.78. The molecule has 0 heterocycles. The number of carboxylic acids is 1. The zero-order valence-electron chi connectivity index (χ0n) is 8.96. The summed E-state index contributed by atoms with van der Waals surface area (Å²) in [5.41, 5.74) is 0.918. The molecule has 5 heteroatoms. The van der Waals surface area contributed by atoms with Crippen LogP contribution in [0, 0.1) is 0 Å². The molecule has 0 amide bonds. The van der Waals surface area contributed by atoms with Crippen molar-refractivity contribution in [3.05, 3.63) is 35.9 Å². The van der Waals surface area contributed by atoms with Gasteiger partial charge in [0.05, 0.1) is 6.19 Å². The Hall–Kier alpha value is -1.62. The smallest absolute Gasteiger partial charge is 0.320 e. The van der Waals surface area contributed by atoms with Crippen LogP contribution < -0.4 is 5.23 Å². The Morgan fingerprint density at radius 2 is 2.06 bits per heavy atom. The van der Waals surface area contributed by atoms with Gasteiger partial charge in [-0.25, -0.2) is 0 Å². The Morgan fingerprint density at radius 1 is 1.44 bits per heavy atom. The Bertz CT molecular complexity index is 356. The van der Waals surface area contributed by atoms with E-state index in [0.717, 1.165) is 13.0 Å². The molecule has 2 atom stereocenters. The Kier molecular flexibility index (Phi) is 4.73. The molecular formula is C11H13BNO3. The maximum absolute atomic E-state index is 11.0. The summed E-state index contributed by atoms with van der Waals surface area (Å²) in [4.78, 5) is 21.2. The van der Waals surface area contributed by atoms with Crippen molar-refractivity contribution in [3.8, 4) is 0 Å². The minimum absolute atomic E-state index is 0.213. The van der Waals surface area contributed by atoms with Gasteiger partial charge in [-0.3, -0.25) is 4.79 Å². The first kappa shape index (κ1) is 12.5. The van der Waals surface area contributed by atoms with Crippen LogP contribution in [0.25, 0.3) is 0 Å². The molecule has 0 fully saturated rings. The highest BCUT2D eigenvalue weighted by Crippen LogP contribution is 2.18. The highest BCUT2D eigenvalue weighted by molar-refractivity contribution is 6.64. The van der Waals surface area contributed by atoms with E-state index < -0.39 is 12.0 Å². The minimum Gasteiger partial charge on any atom is -0.480 e. The van der Waals surface area contributed by atoms with Crippen molar-refractivity contribution in [1.29, 1.82) is 0 Å². The molecule has 0 aliphatic carbocycles. The third kappa shape index (κ3) is 3.20. The van der Waals surface area contributed by atoms with Crippen molar-refractivity contribution < 1.29 is 14.7 Å². The van der Waals surface area contributed by atoms with Gasteiger partial charge in [-0.2, -0.15) is 0 Å². The van der Waals surface area contributed by atoms with Crippen LogP contribution >= 0.6 is 0 Å². The van der Waals surface area contributed by atoms with Gasteiger partial charge in [0.15, 0.2) is 0 Å². The molecule has 1 aromatic carbocycles. The van der Waals surface area contributed by atoms with Crippen LogP contribution in [0.3, 0.4) is 0 Å². The molecule has 0 spiro atoms. The summed E-state index contributed by atoms with van der Waals surface area (Å²) in [6.45, 7) is 1.81. The van der Waals surface area contributed by atoms with Crippen molar-refractivity contribution in [2.45, 2.75) is 18.9 Å². The molecule has 0 unspecified atom stereocenters. The molecule has 0 aliphatic heterocycles. The molecule has 0 saturated heterocycles. The zero-order valence-corrected chi connectivity index (χ0v) is 8.96. The quantitative estimate of drug-likeness (QED) is 0.543. The lowest BCUT2D eigenvalue weighted by atomic mass is 9.88. The van der Waals surface area contributed by atoms with E-state index in [1.165, 1.54) is 0 Å². The number of hydrogen-bond acceptors (Lipinski definition) is 3. The lowest BCUT2D eigenvalue weighted by molar-refractivity contribution is -0.139. The Labute approximate surface area is 94.9 Å². The normalized spacial score (nSPS) is 13.8. The standard InChI is InChI=1S/C11H13BNO3/c1-8(9-5-3-2-4-6-9)10(11(15)16)13-12-7-14/h2-8,10,13H,1H3,(H,15,16)/t8-,10-/m0/s1. The van der Waals surface area contributed by atoms with Crippen molar-refractivity contribution in [2.24, 2.45) is 0 Å². The van der Waals surface area contributed by atoms with Gasteiger partial charge in [-0.05, 0) is 5.56 Å². The molecule has 0 aliphatic rings. The summed E-state index contributed by atoms with van der Waals surface area (Å²) in [6.07, 6.45) is 0.535. The van der Waals surface area contributed by atoms with Crippen LogP contribution in [0.2, 0.25) is 0 Å². The highest BCUT2D eigenvalue weighted by Gasteiger charge is 2.24.